The van der Waals surface area contributed by atoms with Gasteiger partial charge >= 0.3 is 0 Å². The van der Waals surface area contributed by atoms with Gasteiger partial charge in [0.1, 0.15) is 0 Å². The van der Waals surface area contributed by atoms with Gasteiger partial charge < -0.3 is 10.4 Å². The second kappa shape index (κ2) is 5.26. The van der Waals surface area contributed by atoms with Crippen LogP contribution in [0.4, 0.5) is 5.69 Å². The first-order valence-electron chi connectivity index (χ1n) is 8.78. The molecular weight excluding hydrogens is 326 g/mol. The maximum Gasteiger partial charge on any atom is 0.261 e. The van der Waals surface area contributed by atoms with Gasteiger partial charge in [-0.1, -0.05) is 48.5 Å². The number of hydrogen-bond acceptors (Lipinski definition) is 3. The lowest BCUT2D eigenvalue weighted by Gasteiger charge is -2.20. The van der Waals surface area contributed by atoms with Crippen molar-refractivity contribution in [3.8, 4) is 0 Å². The van der Waals surface area contributed by atoms with E-state index in [-0.39, 0.29) is 12.2 Å². The van der Waals surface area contributed by atoms with Gasteiger partial charge in [0.15, 0.2) is 11.4 Å². The van der Waals surface area contributed by atoms with Crippen LogP contribution in [0.2, 0.25) is 0 Å². The quantitative estimate of drug-likeness (QED) is 0.717. The van der Waals surface area contributed by atoms with E-state index < -0.39 is 11.5 Å². The first-order valence-corrected chi connectivity index (χ1v) is 8.78. The Labute approximate surface area is 150 Å². The van der Waals surface area contributed by atoms with Crippen LogP contribution in [0.25, 0.3) is 10.8 Å². The molecule has 0 fully saturated rings. The number of fused-ring (bicyclic) bond motifs is 1. The Morgan fingerprint density at radius 2 is 1.77 bits per heavy atom. The number of benzene rings is 3. The zero-order chi connectivity index (χ0) is 17.9. The van der Waals surface area contributed by atoms with Gasteiger partial charge in [0.05, 0.1) is 6.42 Å². The van der Waals surface area contributed by atoms with Crippen LogP contribution >= 0.6 is 0 Å². The number of carbonyl (C=O) groups is 2. The maximum atomic E-state index is 13.1. The molecule has 3 aromatic rings. The van der Waals surface area contributed by atoms with E-state index in [0.29, 0.717) is 16.8 Å². The SMILES string of the molecule is O=C(C[C@]1(O)C(=O)Nc2ccccc21)c1ccc2c3c(cccc13)CC2. The van der Waals surface area contributed by atoms with Gasteiger partial charge in [-0.2, -0.15) is 0 Å². The number of amides is 1. The summed E-state index contributed by atoms with van der Waals surface area (Å²) in [5.41, 5.74) is 2.29. The summed E-state index contributed by atoms with van der Waals surface area (Å²) in [4.78, 5) is 25.5. The molecule has 1 aliphatic carbocycles. The van der Waals surface area contributed by atoms with Gasteiger partial charge in [-0.15, -0.1) is 0 Å². The van der Waals surface area contributed by atoms with Crippen molar-refractivity contribution in [2.24, 2.45) is 0 Å². The lowest BCUT2D eigenvalue weighted by molar-refractivity contribution is -0.133. The number of anilines is 1. The monoisotopic (exact) mass is 343 g/mol. The maximum absolute atomic E-state index is 13.1. The molecule has 26 heavy (non-hydrogen) atoms. The molecule has 2 N–H and O–H groups in total. The summed E-state index contributed by atoms with van der Waals surface area (Å²) < 4.78 is 0. The second-order valence-electron chi connectivity index (χ2n) is 7.07. The van der Waals surface area contributed by atoms with Crippen LogP contribution in [0.5, 0.6) is 0 Å². The third-order valence-corrected chi connectivity index (χ3v) is 5.59. The normalized spacial score (nSPS) is 20.3. The van der Waals surface area contributed by atoms with Crippen molar-refractivity contribution in [3.63, 3.8) is 0 Å². The Balaban J connectivity index is 1.59. The van der Waals surface area contributed by atoms with Gasteiger partial charge in [0.2, 0.25) is 0 Å². The largest absolute Gasteiger partial charge is 0.375 e. The molecule has 0 radical (unpaired) electrons. The molecule has 0 saturated heterocycles. The minimum Gasteiger partial charge on any atom is -0.375 e. The standard InChI is InChI=1S/C22H17NO3/c24-19(12-22(26)17-6-1-2-7-18(17)23-21(22)25)15-11-10-14-9-8-13-4-3-5-16(15)20(13)14/h1-7,10-11,26H,8-9,12H2,(H,23,25)/t22-/m1/s1. The molecule has 4 nitrogen and oxygen atoms in total. The summed E-state index contributed by atoms with van der Waals surface area (Å²) >= 11 is 0. The topological polar surface area (TPSA) is 66.4 Å². The van der Waals surface area contributed by atoms with Gasteiger partial charge in [0.25, 0.3) is 5.91 Å². The minimum absolute atomic E-state index is 0.227. The van der Waals surface area contributed by atoms with E-state index in [1.54, 1.807) is 24.3 Å². The highest BCUT2D eigenvalue weighted by Gasteiger charge is 2.46. The van der Waals surface area contributed by atoms with E-state index in [0.717, 1.165) is 23.6 Å². The molecular formula is C22H17NO3. The average Bonchev–Trinajstić information content (AvgIpc) is 3.17. The number of ketones is 1. The smallest absolute Gasteiger partial charge is 0.261 e. The molecule has 0 unspecified atom stereocenters. The van der Waals surface area contributed by atoms with E-state index in [2.05, 4.69) is 11.4 Å². The van der Waals surface area contributed by atoms with Gasteiger partial charge in [-0.05, 0) is 40.8 Å². The fourth-order valence-electron chi connectivity index (χ4n) is 4.29. The summed E-state index contributed by atoms with van der Waals surface area (Å²) in [6.07, 6.45) is 1.71. The van der Waals surface area contributed by atoms with E-state index in [1.165, 1.54) is 11.1 Å². The van der Waals surface area contributed by atoms with Crippen LogP contribution < -0.4 is 5.32 Å². The Kier molecular flexibility index (Phi) is 3.09. The Bertz CT molecular complexity index is 1090. The number of nitrogens with one attached hydrogen (secondary N) is 1. The fourth-order valence-corrected chi connectivity index (χ4v) is 4.29. The Morgan fingerprint density at radius 1 is 1.00 bits per heavy atom. The van der Waals surface area contributed by atoms with Gasteiger partial charge in [-0.25, -0.2) is 0 Å². The average molecular weight is 343 g/mol. The van der Waals surface area contributed by atoms with Crippen LogP contribution in [-0.2, 0) is 23.2 Å². The molecule has 128 valence electrons. The molecule has 1 heterocycles. The summed E-state index contributed by atoms with van der Waals surface area (Å²) in [7, 11) is 0. The number of Topliss-reactive ketones (excluding diaryl/α,β-unsaturated/α-hetero) is 1. The van der Waals surface area contributed by atoms with E-state index >= 15 is 0 Å². The predicted molar refractivity (Wildman–Crippen MR) is 99.3 cm³/mol. The fraction of sp³-hybridized carbons (Fsp3) is 0.182. The Hall–Kier alpha value is -2.98. The molecule has 1 aliphatic heterocycles. The summed E-state index contributed by atoms with van der Waals surface area (Å²) in [6.45, 7) is 0. The molecule has 0 spiro atoms. The van der Waals surface area contributed by atoms with Crippen molar-refractivity contribution in [2.75, 3.05) is 5.32 Å². The molecule has 3 aromatic carbocycles. The third-order valence-electron chi connectivity index (χ3n) is 5.59. The van der Waals surface area contributed by atoms with Crippen molar-refractivity contribution in [3.05, 3.63) is 76.9 Å². The van der Waals surface area contributed by atoms with E-state index in [4.69, 9.17) is 0 Å². The highest BCUT2D eigenvalue weighted by atomic mass is 16.3. The molecule has 1 atom stereocenters. The van der Waals surface area contributed by atoms with Crippen molar-refractivity contribution < 1.29 is 14.7 Å². The lowest BCUT2D eigenvalue weighted by atomic mass is 9.86. The summed E-state index contributed by atoms with van der Waals surface area (Å²) in [5.74, 6) is -0.770. The van der Waals surface area contributed by atoms with Crippen LogP contribution in [-0.4, -0.2) is 16.8 Å². The molecule has 0 bridgehead atoms. The molecule has 5 rings (SSSR count). The number of aliphatic hydroxyl groups is 1. The minimum atomic E-state index is -1.82. The van der Waals surface area contributed by atoms with Gasteiger partial charge in [-0.3, -0.25) is 9.59 Å². The number of hydrogen-bond donors (Lipinski definition) is 2. The summed E-state index contributed by atoms with van der Waals surface area (Å²) in [6, 6.07) is 16.8. The predicted octanol–water partition coefficient (Wildman–Crippen LogP) is 3.35. The first-order chi connectivity index (χ1) is 12.6. The number of aryl methyl sites for hydroxylation is 2. The van der Waals surface area contributed by atoms with Crippen molar-refractivity contribution >= 4 is 28.2 Å². The van der Waals surface area contributed by atoms with E-state index in [9.17, 15) is 14.7 Å². The second-order valence-corrected chi connectivity index (χ2v) is 7.07. The zero-order valence-electron chi connectivity index (χ0n) is 14.1. The molecule has 0 aromatic heterocycles. The first kappa shape index (κ1) is 15.3. The third kappa shape index (κ3) is 1.99. The highest BCUT2D eigenvalue weighted by Crippen LogP contribution is 2.40. The molecule has 4 heteroatoms. The van der Waals surface area contributed by atoms with Crippen LogP contribution in [0.3, 0.4) is 0 Å². The zero-order valence-corrected chi connectivity index (χ0v) is 14.1. The number of carbonyl (C=O) groups excluding carboxylic acids is 2. The molecule has 0 saturated carbocycles. The Morgan fingerprint density at radius 3 is 2.62 bits per heavy atom. The summed E-state index contributed by atoms with van der Waals surface area (Å²) in [5, 5.41) is 15.7. The van der Waals surface area contributed by atoms with Crippen molar-refractivity contribution in [2.45, 2.75) is 24.9 Å². The molecule has 1 amide bonds. The van der Waals surface area contributed by atoms with E-state index in [1.807, 2.05) is 24.3 Å². The van der Waals surface area contributed by atoms with Crippen molar-refractivity contribution in [1.82, 2.24) is 0 Å². The molecule has 2 aliphatic rings. The van der Waals surface area contributed by atoms with Crippen LogP contribution in [0.1, 0.15) is 33.5 Å². The highest BCUT2D eigenvalue weighted by molar-refractivity contribution is 6.14. The van der Waals surface area contributed by atoms with Gasteiger partial charge in [0, 0.05) is 16.8 Å². The van der Waals surface area contributed by atoms with Crippen LogP contribution in [0, 0.1) is 0 Å². The number of para-hydroxylation sites is 1. The number of rotatable bonds is 3. The van der Waals surface area contributed by atoms with Crippen LogP contribution in [0.15, 0.2) is 54.6 Å². The lowest BCUT2D eigenvalue weighted by Crippen LogP contribution is -2.36. The van der Waals surface area contributed by atoms with Crippen molar-refractivity contribution in [1.29, 1.82) is 0 Å².